The van der Waals surface area contributed by atoms with Crippen LogP contribution in [0.4, 0.5) is 0 Å². The van der Waals surface area contributed by atoms with Crippen molar-refractivity contribution in [3.8, 4) is 5.75 Å². The van der Waals surface area contributed by atoms with Gasteiger partial charge in [0, 0.05) is 18.8 Å². The van der Waals surface area contributed by atoms with Crippen molar-refractivity contribution in [1.29, 1.82) is 0 Å². The van der Waals surface area contributed by atoms with Gasteiger partial charge in [-0.3, -0.25) is 0 Å². The van der Waals surface area contributed by atoms with E-state index in [2.05, 4.69) is 34.5 Å². The van der Waals surface area contributed by atoms with E-state index in [0.29, 0.717) is 0 Å². The Kier molecular flexibility index (Phi) is 6.07. The second kappa shape index (κ2) is 8.05. The molecule has 0 bridgehead atoms. The summed E-state index contributed by atoms with van der Waals surface area (Å²) in [7, 11) is 3.88. The third-order valence-electron chi connectivity index (χ3n) is 3.15. The summed E-state index contributed by atoms with van der Waals surface area (Å²) in [6, 6.07) is 8.56. The van der Waals surface area contributed by atoms with Gasteiger partial charge in [0.15, 0.2) is 5.16 Å². The maximum absolute atomic E-state index is 5.61. The van der Waals surface area contributed by atoms with Gasteiger partial charge in [0.05, 0.1) is 6.61 Å². The first-order valence-electron chi connectivity index (χ1n) is 7.11. The smallest absolute Gasteiger partial charge is 0.185 e. The first-order chi connectivity index (χ1) is 10.2. The summed E-state index contributed by atoms with van der Waals surface area (Å²) in [5, 5.41) is 8.35. The number of nitrogens with zero attached hydrogens (tertiary/aromatic N) is 3. The Morgan fingerprint density at radius 3 is 2.67 bits per heavy atom. The Hall–Kier alpha value is -1.53. The van der Waals surface area contributed by atoms with Gasteiger partial charge in [-0.2, -0.15) is 5.10 Å². The van der Waals surface area contributed by atoms with Gasteiger partial charge in [0.2, 0.25) is 0 Å². The minimum absolute atomic E-state index is 0.270. The Morgan fingerprint density at radius 2 is 2.10 bits per heavy atom. The average Bonchev–Trinajstić information content (AvgIpc) is 2.92. The summed E-state index contributed by atoms with van der Waals surface area (Å²) in [5.74, 6) is 1.83. The average molecular weight is 306 g/mol. The monoisotopic (exact) mass is 306 g/mol. The van der Waals surface area contributed by atoms with E-state index in [-0.39, 0.29) is 6.04 Å². The Morgan fingerprint density at radius 1 is 1.33 bits per heavy atom. The molecule has 0 amide bonds. The quantitative estimate of drug-likeness (QED) is 0.760. The maximum atomic E-state index is 5.61. The molecule has 0 saturated heterocycles. The number of aromatic nitrogens is 3. The highest BCUT2D eigenvalue weighted by Crippen LogP contribution is 2.24. The molecular weight excluding hydrogens is 284 g/mol. The highest BCUT2D eigenvalue weighted by Gasteiger charge is 2.12. The lowest BCUT2D eigenvalue weighted by molar-refractivity contribution is 0.317. The van der Waals surface area contributed by atoms with Crippen molar-refractivity contribution in [2.75, 3.05) is 19.4 Å². The van der Waals surface area contributed by atoms with Crippen molar-refractivity contribution in [3.05, 3.63) is 36.2 Å². The Labute approximate surface area is 130 Å². The minimum atomic E-state index is 0.270. The van der Waals surface area contributed by atoms with E-state index in [0.717, 1.165) is 29.7 Å². The Bertz CT molecular complexity index is 541. The summed E-state index contributed by atoms with van der Waals surface area (Å²) in [5.41, 5.74) is 1.25. The molecule has 1 unspecified atom stereocenters. The van der Waals surface area contributed by atoms with Gasteiger partial charge in [0.25, 0.3) is 0 Å². The summed E-state index contributed by atoms with van der Waals surface area (Å²) in [6.45, 7) is 2.87. The van der Waals surface area contributed by atoms with Crippen LogP contribution in [0.25, 0.3) is 0 Å². The SMILES string of the molecule is CCCOc1ccc(C(CSc2ncnn2C)NC)cc1. The molecule has 5 nitrogen and oxygen atoms in total. The lowest BCUT2D eigenvalue weighted by Gasteiger charge is -2.16. The van der Waals surface area contributed by atoms with E-state index in [9.17, 15) is 0 Å². The standard InChI is InChI=1S/C15H22N4OS/c1-4-9-20-13-7-5-12(6-8-13)14(16-2)10-21-15-17-11-18-19(15)3/h5-8,11,14,16H,4,9-10H2,1-3H3. The number of nitrogens with one attached hydrogen (secondary N) is 1. The lowest BCUT2D eigenvalue weighted by atomic mass is 10.1. The number of ether oxygens (including phenoxy) is 1. The van der Waals surface area contributed by atoms with Crippen LogP contribution in [-0.2, 0) is 7.05 Å². The van der Waals surface area contributed by atoms with Gasteiger partial charge in [-0.05, 0) is 31.2 Å². The molecule has 0 spiro atoms. The molecule has 1 heterocycles. The first kappa shape index (κ1) is 15.9. The van der Waals surface area contributed by atoms with E-state index >= 15 is 0 Å². The normalized spacial score (nSPS) is 12.3. The topological polar surface area (TPSA) is 52.0 Å². The third kappa shape index (κ3) is 4.47. The van der Waals surface area contributed by atoms with Gasteiger partial charge >= 0.3 is 0 Å². The van der Waals surface area contributed by atoms with Crippen molar-refractivity contribution in [2.45, 2.75) is 24.5 Å². The van der Waals surface area contributed by atoms with Gasteiger partial charge in [-0.15, -0.1) is 0 Å². The summed E-state index contributed by atoms with van der Waals surface area (Å²) >= 11 is 1.69. The van der Waals surface area contributed by atoms with Crippen LogP contribution in [0.1, 0.15) is 24.9 Å². The number of hydrogen-bond acceptors (Lipinski definition) is 5. The predicted octanol–water partition coefficient (Wildman–Crippen LogP) is 2.66. The molecule has 6 heteroatoms. The molecule has 114 valence electrons. The molecule has 0 aliphatic carbocycles. The number of benzene rings is 1. The van der Waals surface area contributed by atoms with E-state index in [1.165, 1.54) is 5.56 Å². The molecule has 1 N–H and O–H groups in total. The van der Waals surface area contributed by atoms with Gasteiger partial charge in [-0.1, -0.05) is 30.8 Å². The second-order valence-corrected chi connectivity index (χ2v) is 5.72. The first-order valence-corrected chi connectivity index (χ1v) is 8.10. The second-order valence-electron chi connectivity index (χ2n) is 4.74. The summed E-state index contributed by atoms with van der Waals surface area (Å²) in [4.78, 5) is 4.23. The van der Waals surface area contributed by atoms with E-state index in [1.54, 1.807) is 22.8 Å². The molecule has 0 fully saturated rings. The molecule has 2 aromatic rings. The number of aryl methyl sites for hydroxylation is 1. The fraction of sp³-hybridized carbons (Fsp3) is 0.467. The van der Waals surface area contributed by atoms with Crippen molar-refractivity contribution in [3.63, 3.8) is 0 Å². The van der Waals surface area contributed by atoms with Crippen molar-refractivity contribution in [2.24, 2.45) is 7.05 Å². The van der Waals surface area contributed by atoms with Crippen molar-refractivity contribution < 1.29 is 4.74 Å². The zero-order valence-corrected chi connectivity index (χ0v) is 13.6. The van der Waals surface area contributed by atoms with Crippen molar-refractivity contribution in [1.82, 2.24) is 20.1 Å². The minimum Gasteiger partial charge on any atom is -0.494 e. The molecule has 1 aromatic heterocycles. The number of thioether (sulfide) groups is 1. The van der Waals surface area contributed by atoms with Crippen LogP contribution in [0.2, 0.25) is 0 Å². The molecule has 1 aromatic carbocycles. The van der Waals surface area contributed by atoms with Gasteiger partial charge in [0.1, 0.15) is 12.1 Å². The molecule has 0 aliphatic heterocycles. The van der Waals surface area contributed by atoms with Crippen LogP contribution in [0.3, 0.4) is 0 Å². The molecule has 0 aliphatic rings. The van der Waals surface area contributed by atoms with Crippen LogP contribution in [0, 0.1) is 0 Å². The van der Waals surface area contributed by atoms with Gasteiger partial charge < -0.3 is 10.1 Å². The largest absolute Gasteiger partial charge is 0.494 e. The summed E-state index contributed by atoms with van der Waals surface area (Å²) in [6.07, 6.45) is 2.60. The molecule has 0 saturated carbocycles. The predicted molar refractivity (Wildman–Crippen MR) is 85.8 cm³/mol. The maximum Gasteiger partial charge on any atom is 0.185 e. The van der Waals surface area contributed by atoms with Crippen LogP contribution in [-0.4, -0.2) is 34.2 Å². The zero-order chi connectivity index (χ0) is 15.1. The van der Waals surface area contributed by atoms with E-state index in [1.807, 2.05) is 26.2 Å². The lowest BCUT2D eigenvalue weighted by Crippen LogP contribution is -2.19. The molecule has 0 radical (unpaired) electrons. The molecular formula is C15H22N4OS. The fourth-order valence-electron chi connectivity index (χ4n) is 1.94. The number of hydrogen-bond donors (Lipinski definition) is 1. The van der Waals surface area contributed by atoms with Crippen molar-refractivity contribution >= 4 is 11.8 Å². The third-order valence-corrected chi connectivity index (χ3v) is 4.28. The van der Waals surface area contributed by atoms with Crippen LogP contribution < -0.4 is 10.1 Å². The highest BCUT2D eigenvalue weighted by atomic mass is 32.2. The van der Waals surface area contributed by atoms with E-state index in [4.69, 9.17) is 4.74 Å². The molecule has 21 heavy (non-hydrogen) atoms. The van der Waals surface area contributed by atoms with Crippen LogP contribution >= 0.6 is 11.8 Å². The molecule has 1 atom stereocenters. The van der Waals surface area contributed by atoms with E-state index < -0.39 is 0 Å². The summed E-state index contributed by atoms with van der Waals surface area (Å²) < 4.78 is 7.40. The van der Waals surface area contributed by atoms with Crippen LogP contribution in [0.5, 0.6) is 5.75 Å². The highest BCUT2D eigenvalue weighted by molar-refractivity contribution is 7.99. The fourth-order valence-corrected chi connectivity index (χ4v) is 2.97. The molecule has 2 rings (SSSR count). The number of rotatable bonds is 8. The zero-order valence-electron chi connectivity index (χ0n) is 12.7. The Balaban J connectivity index is 1.95. The van der Waals surface area contributed by atoms with Gasteiger partial charge in [-0.25, -0.2) is 9.67 Å². The van der Waals surface area contributed by atoms with Crippen LogP contribution in [0.15, 0.2) is 35.7 Å².